The fourth-order valence-corrected chi connectivity index (χ4v) is 1.55. The Kier molecular flexibility index (Phi) is 3.48. The minimum atomic E-state index is 0.386. The predicted octanol–water partition coefficient (Wildman–Crippen LogP) is 3.82. The van der Waals surface area contributed by atoms with Gasteiger partial charge in [-0.1, -0.05) is 20.8 Å². The van der Waals surface area contributed by atoms with Crippen LogP contribution < -0.4 is 0 Å². The summed E-state index contributed by atoms with van der Waals surface area (Å²) >= 11 is 3.50. The van der Waals surface area contributed by atoms with Crippen LogP contribution in [0, 0.1) is 5.41 Å². The van der Waals surface area contributed by atoms with E-state index in [1.807, 2.05) is 18.3 Å². The van der Waals surface area contributed by atoms with Crippen molar-refractivity contribution in [2.24, 2.45) is 5.41 Å². The molecule has 1 heterocycles. The fourth-order valence-electron chi connectivity index (χ4n) is 1.10. The molecule has 1 aromatic heterocycles. The van der Waals surface area contributed by atoms with Gasteiger partial charge in [0.25, 0.3) is 0 Å². The van der Waals surface area contributed by atoms with Crippen LogP contribution in [0.25, 0.3) is 0 Å². The maximum absolute atomic E-state index is 4.33. The van der Waals surface area contributed by atoms with Gasteiger partial charge in [-0.3, -0.25) is 4.98 Å². The largest absolute Gasteiger partial charge is 0.260 e. The Labute approximate surface area is 88.7 Å². The number of aryl methyl sites for hydroxylation is 1. The van der Waals surface area contributed by atoms with Gasteiger partial charge in [-0.05, 0) is 46.3 Å². The van der Waals surface area contributed by atoms with Crippen LogP contribution in [0.15, 0.2) is 22.8 Å². The molecule has 1 rings (SSSR count). The zero-order valence-electron chi connectivity index (χ0n) is 8.47. The Morgan fingerprint density at radius 1 is 1.38 bits per heavy atom. The van der Waals surface area contributed by atoms with E-state index in [9.17, 15) is 0 Å². The van der Waals surface area contributed by atoms with Crippen molar-refractivity contribution in [3.05, 3.63) is 28.5 Å². The Bertz CT molecular complexity index is 276. The number of aromatic nitrogens is 1. The molecule has 0 saturated heterocycles. The van der Waals surface area contributed by atoms with E-state index in [0.717, 1.165) is 16.6 Å². The highest BCUT2D eigenvalue weighted by Crippen LogP contribution is 2.23. The molecule has 72 valence electrons. The quantitative estimate of drug-likeness (QED) is 0.768. The van der Waals surface area contributed by atoms with Crippen molar-refractivity contribution in [3.63, 3.8) is 0 Å². The van der Waals surface area contributed by atoms with Crippen LogP contribution in [0.2, 0.25) is 0 Å². The molecule has 0 spiro atoms. The number of pyridine rings is 1. The summed E-state index contributed by atoms with van der Waals surface area (Å²) in [6, 6.07) is 4.00. The molecule has 0 aliphatic rings. The molecular weight excluding hydrogens is 226 g/mol. The first-order chi connectivity index (χ1) is 5.99. The van der Waals surface area contributed by atoms with Gasteiger partial charge in [-0.25, -0.2) is 0 Å². The summed E-state index contributed by atoms with van der Waals surface area (Å²) in [7, 11) is 0. The van der Waals surface area contributed by atoms with E-state index in [0.29, 0.717) is 5.41 Å². The minimum Gasteiger partial charge on any atom is -0.260 e. The molecule has 0 radical (unpaired) electrons. The van der Waals surface area contributed by atoms with Crippen molar-refractivity contribution in [1.29, 1.82) is 0 Å². The molecule has 13 heavy (non-hydrogen) atoms. The van der Waals surface area contributed by atoms with Gasteiger partial charge < -0.3 is 0 Å². The third-order valence-electron chi connectivity index (χ3n) is 1.95. The van der Waals surface area contributed by atoms with Gasteiger partial charge in [0.1, 0.15) is 0 Å². The van der Waals surface area contributed by atoms with Gasteiger partial charge in [-0.2, -0.15) is 0 Å². The molecular formula is C11H16BrN. The van der Waals surface area contributed by atoms with Gasteiger partial charge in [0.2, 0.25) is 0 Å². The van der Waals surface area contributed by atoms with Gasteiger partial charge in [0, 0.05) is 10.7 Å². The molecule has 0 aliphatic carbocycles. The highest BCUT2D eigenvalue weighted by Gasteiger charge is 2.11. The molecule has 0 N–H and O–H groups in total. The van der Waals surface area contributed by atoms with E-state index in [-0.39, 0.29) is 0 Å². The third kappa shape index (κ3) is 3.90. The molecule has 0 atom stereocenters. The van der Waals surface area contributed by atoms with Crippen LogP contribution in [0.1, 0.15) is 32.9 Å². The molecule has 0 amide bonds. The van der Waals surface area contributed by atoms with Gasteiger partial charge in [0.15, 0.2) is 0 Å². The van der Waals surface area contributed by atoms with Gasteiger partial charge in [-0.15, -0.1) is 0 Å². The van der Waals surface area contributed by atoms with Crippen LogP contribution in [0.4, 0.5) is 0 Å². The first kappa shape index (κ1) is 10.7. The number of halogens is 1. The van der Waals surface area contributed by atoms with E-state index in [1.165, 1.54) is 6.42 Å². The summed E-state index contributed by atoms with van der Waals surface area (Å²) < 4.78 is 1.12. The first-order valence-corrected chi connectivity index (χ1v) is 5.38. The van der Waals surface area contributed by atoms with Crippen molar-refractivity contribution in [3.8, 4) is 0 Å². The van der Waals surface area contributed by atoms with Crippen molar-refractivity contribution in [2.45, 2.75) is 33.6 Å². The van der Waals surface area contributed by atoms with Gasteiger partial charge in [0.05, 0.1) is 5.69 Å². The van der Waals surface area contributed by atoms with Crippen molar-refractivity contribution in [2.75, 3.05) is 0 Å². The number of rotatable bonds is 2. The zero-order valence-corrected chi connectivity index (χ0v) is 10.1. The average molecular weight is 242 g/mol. The topological polar surface area (TPSA) is 12.9 Å². The van der Waals surface area contributed by atoms with Crippen LogP contribution in [-0.4, -0.2) is 4.98 Å². The lowest BCUT2D eigenvalue weighted by atomic mass is 9.90. The lowest BCUT2D eigenvalue weighted by Gasteiger charge is -2.17. The molecule has 1 aromatic rings. The Morgan fingerprint density at radius 3 is 2.62 bits per heavy atom. The van der Waals surface area contributed by atoms with Crippen molar-refractivity contribution < 1.29 is 0 Å². The van der Waals surface area contributed by atoms with E-state index >= 15 is 0 Å². The average Bonchev–Trinajstić information content (AvgIpc) is 2.01. The van der Waals surface area contributed by atoms with Crippen LogP contribution in [0.5, 0.6) is 0 Å². The summed E-state index contributed by atoms with van der Waals surface area (Å²) in [6.07, 6.45) is 4.07. The van der Waals surface area contributed by atoms with E-state index in [1.54, 1.807) is 0 Å². The Morgan fingerprint density at radius 2 is 2.08 bits per heavy atom. The predicted molar refractivity (Wildman–Crippen MR) is 59.7 cm³/mol. The molecule has 1 nitrogen and oxygen atoms in total. The highest BCUT2D eigenvalue weighted by molar-refractivity contribution is 9.10. The molecule has 0 unspecified atom stereocenters. The highest BCUT2D eigenvalue weighted by atomic mass is 79.9. The normalized spacial score (nSPS) is 11.7. The second-order valence-electron chi connectivity index (χ2n) is 4.49. The molecule has 0 bridgehead atoms. The summed E-state index contributed by atoms with van der Waals surface area (Å²) in [5.74, 6) is 0. The van der Waals surface area contributed by atoms with Crippen molar-refractivity contribution in [1.82, 2.24) is 4.98 Å². The second kappa shape index (κ2) is 4.23. The van der Waals surface area contributed by atoms with Crippen LogP contribution >= 0.6 is 15.9 Å². The molecule has 0 aromatic carbocycles. The van der Waals surface area contributed by atoms with Gasteiger partial charge >= 0.3 is 0 Å². The fraction of sp³-hybridized carbons (Fsp3) is 0.545. The van der Waals surface area contributed by atoms with E-state index in [2.05, 4.69) is 41.7 Å². The summed E-state index contributed by atoms with van der Waals surface area (Å²) in [4.78, 5) is 4.33. The molecule has 0 fully saturated rings. The Hall–Kier alpha value is -0.370. The first-order valence-electron chi connectivity index (χ1n) is 4.58. The third-order valence-corrected chi connectivity index (χ3v) is 2.67. The van der Waals surface area contributed by atoms with E-state index in [4.69, 9.17) is 0 Å². The summed E-state index contributed by atoms with van der Waals surface area (Å²) in [6.45, 7) is 6.76. The number of hydrogen-bond donors (Lipinski definition) is 0. The maximum atomic E-state index is 4.33. The lowest BCUT2D eigenvalue weighted by Crippen LogP contribution is -2.07. The van der Waals surface area contributed by atoms with E-state index < -0.39 is 0 Å². The molecule has 0 aliphatic heterocycles. The minimum absolute atomic E-state index is 0.386. The SMILES string of the molecule is CC(C)(C)CCc1ncccc1Br. The number of hydrogen-bond acceptors (Lipinski definition) is 1. The maximum Gasteiger partial charge on any atom is 0.0545 e. The van der Waals surface area contributed by atoms with Crippen molar-refractivity contribution >= 4 is 15.9 Å². The summed E-state index contributed by atoms with van der Waals surface area (Å²) in [5.41, 5.74) is 1.55. The second-order valence-corrected chi connectivity index (χ2v) is 5.35. The monoisotopic (exact) mass is 241 g/mol. The Balaban J connectivity index is 2.60. The van der Waals surface area contributed by atoms with Crippen LogP contribution in [0.3, 0.4) is 0 Å². The smallest absolute Gasteiger partial charge is 0.0545 e. The lowest BCUT2D eigenvalue weighted by molar-refractivity contribution is 0.376. The van der Waals surface area contributed by atoms with Crippen LogP contribution in [-0.2, 0) is 6.42 Å². The molecule has 2 heteroatoms. The number of nitrogens with zero attached hydrogens (tertiary/aromatic N) is 1. The zero-order chi connectivity index (χ0) is 9.90. The standard InChI is InChI=1S/C11H16BrN/c1-11(2,3)7-6-10-9(12)5-4-8-13-10/h4-5,8H,6-7H2,1-3H3. The summed E-state index contributed by atoms with van der Waals surface area (Å²) in [5, 5.41) is 0. The molecule has 0 saturated carbocycles.